The van der Waals surface area contributed by atoms with Crippen LogP contribution in [0.4, 0.5) is 0 Å². The smallest absolute Gasteiger partial charge is 0.242 e. The van der Waals surface area contributed by atoms with E-state index in [0.717, 1.165) is 6.29 Å². The summed E-state index contributed by atoms with van der Waals surface area (Å²) in [5, 5.41) is 0.708. The van der Waals surface area contributed by atoms with Gasteiger partial charge in [0.15, 0.2) is 6.29 Å². The van der Waals surface area contributed by atoms with E-state index in [1.165, 1.54) is 0 Å². The van der Waals surface area contributed by atoms with Crippen LogP contribution in [0, 0.1) is 0 Å². The first-order valence-electron chi connectivity index (χ1n) is 4.47. The van der Waals surface area contributed by atoms with Gasteiger partial charge >= 0.3 is 0 Å². The molecule has 0 aromatic heterocycles. The molecule has 0 aliphatic rings. The second-order valence-electron chi connectivity index (χ2n) is 4.11. The van der Waals surface area contributed by atoms with Crippen molar-refractivity contribution >= 4 is 37.8 Å². The third kappa shape index (κ3) is 3.23. The highest BCUT2D eigenvalue weighted by atomic mass is 35.5. The van der Waals surface area contributed by atoms with Gasteiger partial charge in [-0.25, -0.2) is 0 Å². The van der Waals surface area contributed by atoms with Crippen molar-refractivity contribution in [3.05, 3.63) is 27.7 Å². The van der Waals surface area contributed by atoms with Gasteiger partial charge in [-0.1, -0.05) is 23.2 Å². The van der Waals surface area contributed by atoms with Crippen molar-refractivity contribution in [2.75, 3.05) is 0 Å². The predicted octanol–water partition coefficient (Wildman–Crippen LogP) is 4.02. The molecule has 0 aliphatic carbocycles. The summed E-state index contributed by atoms with van der Waals surface area (Å²) in [6.07, 6.45) is 0.720. The van der Waals surface area contributed by atoms with Crippen LogP contribution < -0.4 is 4.43 Å². The molecule has 5 heteroatoms. The molecule has 0 atom stereocenters. The van der Waals surface area contributed by atoms with Crippen LogP contribution in [0.3, 0.4) is 0 Å². The van der Waals surface area contributed by atoms with Gasteiger partial charge < -0.3 is 4.43 Å². The number of hydrogen-bond acceptors (Lipinski definition) is 2. The number of carbonyl (C=O) groups is 1. The normalized spacial score (nSPS) is 11.3. The van der Waals surface area contributed by atoms with Crippen LogP contribution in [0.2, 0.25) is 29.7 Å². The molecule has 0 saturated carbocycles. The molecule has 0 bridgehead atoms. The van der Waals surface area contributed by atoms with E-state index >= 15 is 0 Å². The van der Waals surface area contributed by atoms with E-state index in [9.17, 15) is 4.79 Å². The van der Waals surface area contributed by atoms with Gasteiger partial charge in [-0.2, -0.15) is 0 Å². The topological polar surface area (TPSA) is 26.3 Å². The lowest BCUT2D eigenvalue weighted by Crippen LogP contribution is -2.30. The quantitative estimate of drug-likeness (QED) is 0.608. The fourth-order valence-corrected chi connectivity index (χ4v) is 2.31. The molecule has 0 unspecified atom stereocenters. The lowest BCUT2D eigenvalue weighted by Gasteiger charge is -2.21. The maximum Gasteiger partial charge on any atom is 0.242 e. The van der Waals surface area contributed by atoms with E-state index in [1.54, 1.807) is 12.1 Å². The number of halogens is 2. The Hall–Kier alpha value is -0.513. The first-order chi connectivity index (χ1) is 6.85. The molecule has 0 fully saturated rings. The Kier molecular flexibility index (Phi) is 3.81. The van der Waals surface area contributed by atoms with E-state index in [-0.39, 0.29) is 0 Å². The fourth-order valence-electron chi connectivity index (χ4n) is 1.05. The first-order valence-corrected chi connectivity index (χ1v) is 8.64. The van der Waals surface area contributed by atoms with Gasteiger partial charge in [0.2, 0.25) is 8.32 Å². The van der Waals surface area contributed by atoms with E-state index in [0.29, 0.717) is 21.4 Å². The standard InChI is InChI=1S/C10H12Cl2O2Si/c1-15(2,3)14-10-7(6-13)4-5-8(11)9(10)12/h4-6H,1-3H3. The maximum atomic E-state index is 10.8. The van der Waals surface area contributed by atoms with Gasteiger partial charge in [0.05, 0.1) is 10.6 Å². The van der Waals surface area contributed by atoms with Crippen LogP contribution >= 0.6 is 23.2 Å². The molecule has 0 N–H and O–H groups in total. The average Bonchev–Trinajstić information content (AvgIpc) is 2.11. The van der Waals surface area contributed by atoms with Crippen molar-refractivity contribution in [3.8, 4) is 5.75 Å². The zero-order chi connectivity index (χ0) is 11.6. The molecule has 0 radical (unpaired) electrons. The number of rotatable bonds is 3. The second-order valence-corrected chi connectivity index (χ2v) is 9.33. The van der Waals surface area contributed by atoms with Crippen molar-refractivity contribution in [1.82, 2.24) is 0 Å². The lowest BCUT2D eigenvalue weighted by molar-refractivity contribution is 0.112. The highest BCUT2D eigenvalue weighted by Gasteiger charge is 2.21. The molecule has 0 heterocycles. The minimum Gasteiger partial charge on any atom is -0.543 e. The lowest BCUT2D eigenvalue weighted by atomic mass is 10.2. The molecule has 1 aromatic rings. The first kappa shape index (κ1) is 12.6. The number of hydrogen-bond donors (Lipinski definition) is 0. The fraction of sp³-hybridized carbons (Fsp3) is 0.300. The van der Waals surface area contributed by atoms with Gasteiger partial charge in [-0.3, -0.25) is 4.79 Å². The summed E-state index contributed by atoms with van der Waals surface area (Å²) < 4.78 is 5.73. The van der Waals surface area contributed by atoms with Crippen molar-refractivity contribution < 1.29 is 9.22 Å². The van der Waals surface area contributed by atoms with Gasteiger partial charge in [-0.05, 0) is 31.8 Å². The highest BCUT2D eigenvalue weighted by molar-refractivity contribution is 6.70. The maximum absolute atomic E-state index is 10.8. The predicted molar refractivity (Wildman–Crippen MR) is 65.8 cm³/mol. The summed E-state index contributed by atoms with van der Waals surface area (Å²) in [4.78, 5) is 10.8. The Morgan fingerprint density at radius 1 is 1.27 bits per heavy atom. The molecular formula is C10H12Cl2O2Si. The van der Waals surface area contributed by atoms with Crippen LogP contribution in [0.5, 0.6) is 5.75 Å². The highest BCUT2D eigenvalue weighted by Crippen LogP contribution is 2.35. The summed E-state index contributed by atoms with van der Waals surface area (Å²) in [5.74, 6) is 0.401. The zero-order valence-corrected chi connectivity index (χ0v) is 11.3. The van der Waals surface area contributed by atoms with Crippen LogP contribution in [0.25, 0.3) is 0 Å². The molecule has 1 rings (SSSR count). The second kappa shape index (κ2) is 4.55. The monoisotopic (exact) mass is 262 g/mol. The van der Waals surface area contributed by atoms with Crippen LogP contribution in [0.15, 0.2) is 12.1 Å². The molecule has 0 spiro atoms. The van der Waals surface area contributed by atoms with Gasteiger partial charge in [0.25, 0.3) is 0 Å². The van der Waals surface area contributed by atoms with Crippen molar-refractivity contribution in [2.24, 2.45) is 0 Å². The van der Waals surface area contributed by atoms with Crippen molar-refractivity contribution in [1.29, 1.82) is 0 Å². The number of aldehydes is 1. The number of carbonyl (C=O) groups excluding carboxylic acids is 1. The number of benzene rings is 1. The summed E-state index contributed by atoms with van der Waals surface area (Å²) in [7, 11) is -1.80. The molecule has 82 valence electrons. The summed E-state index contributed by atoms with van der Waals surface area (Å²) in [6.45, 7) is 6.04. The van der Waals surface area contributed by atoms with Crippen molar-refractivity contribution in [2.45, 2.75) is 19.6 Å². The Labute approximate surface area is 100 Å². The third-order valence-electron chi connectivity index (χ3n) is 1.62. The minimum absolute atomic E-state index is 0.309. The van der Waals surface area contributed by atoms with Gasteiger partial charge in [0, 0.05) is 0 Å². The molecule has 2 nitrogen and oxygen atoms in total. The molecule has 0 aliphatic heterocycles. The SMILES string of the molecule is C[Si](C)(C)Oc1c(C=O)ccc(Cl)c1Cl. The third-order valence-corrected chi connectivity index (χ3v) is 3.22. The molecule has 0 amide bonds. The zero-order valence-electron chi connectivity index (χ0n) is 8.80. The molecule has 0 saturated heterocycles. The van der Waals surface area contributed by atoms with Gasteiger partial charge in [-0.15, -0.1) is 0 Å². The van der Waals surface area contributed by atoms with E-state index in [2.05, 4.69) is 0 Å². The average molecular weight is 263 g/mol. The van der Waals surface area contributed by atoms with Crippen LogP contribution in [-0.2, 0) is 0 Å². The Morgan fingerprint density at radius 3 is 2.33 bits per heavy atom. The summed E-state index contributed by atoms with van der Waals surface area (Å²) >= 11 is 11.8. The molecule has 15 heavy (non-hydrogen) atoms. The van der Waals surface area contributed by atoms with Gasteiger partial charge in [0.1, 0.15) is 10.8 Å². The largest absolute Gasteiger partial charge is 0.543 e. The van der Waals surface area contributed by atoms with E-state index in [1.807, 2.05) is 19.6 Å². The van der Waals surface area contributed by atoms with Crippen LogP contribution in [0.1, 0.15) is 10.4 Å². The summed E-state index contributed by atoms with van der Waals surface area (Å²) in [6, 6.07) is 3.20. The van der Waals surface area contributed by atoms with E-state index < -0.39 is 8.32 Å². The van der Waals surface area contributed by atoms with Crippen LogP contribution in [-0.4, -0.2) is 14.6 Å². The molecule has 1 aromatic carbocycles. The Morgan fingerprint density at radius 2 is 1.87 bits per heavy atom. The van der Waals surface area contributed by atoms with Crippen molar-refractivity contribution in [3.63, 3.8) is 0 Å². The molecular weight excluding hydrogens is 251 g/mol. The minimum atomic E-state index is -1.80. The summed E-state index contributed by atoms with van der Waals surface area (Å²) in [5.41, 5.74) is 0.437. The van der Waals surface area contributed by atoms with E-state index in [4.69, 9.17) is 27.6 Å². The Bertz CT molecular complexity index is 386. The Balaban J connectivity index is 3.24.